The van der Waals surface area contributed by atoms with Gasteiger partial charge in [-0.15, -0.1) is 0 Å². The minimum Gasteiger partial charge on any atom is -0.480 e. The van der Waals surface area contributed by atoms with Gasteiger partial charge in [-0.25, -0.2) is 4.79 Å². The molecule has 11 heteroatoms. The number of amides is 4. The summed E-state index contributed by atoms with van der Waals surface area (Å²) in [6, 6.07) is 5.17. The largest absolute Gasteiger partial charge is 0.480 e. The number of carbonyl (C=O) groups excluding carboxylic acids is 4. The maximum Gasteiger partial charge on any atom is 0.326 e. The summed E-state index contributed by atoms with van der Waals surface area (Å²) in [6.45, 7) is 3.69. The van der Waals surface area contributed by atoms with Crippen LogP contribution in [-0.4, -0.2) is 70.3 Å². The molecule has 1 aromatic rings. The Morgan fingerprint density at radius 2 is 1.74 bits per heavy atom. The van der Waals surface area contributed by atoms with Crippen molar-refractivity contribution in [3.05, 3.63) is 35.9 Å². The fourth-order valence-corrected chi connectivity index (χ4v) is 4.05. The second kappa shape index (κ2) is 12.8. The van der Waals surface area contributed by atoms with Crippen LogP contribution in [0, 0.1) is 5.92 Å². The molecule has 0 aromatic heterocycles. The van der Waals surface area contributed by atoms with Crippen molar-refractivity contribution in [2.24, 2.45) is 17.4 Å². The van der Waals surface area contributed by atoms with Crippen LogP contribution in [0.4, 0.5) is 0 Å². The number of carbonyl (C=O) groups is 5. The van der Waals surface area contributed by atoms with Crippen molar-refractivity contribution in [1.29, 1.82) is 0 Å². The Balaban J connectivity index is 2.11. The number of benzene rings is 1. The standard InChI is InChI=1S/C24H35N5O6/c1-14(2)20(28-21(31)16(25)13-15-7-4-3-5-8-15)22(32)27-17(10-11-19(26)30)23(33)29-12-6-9-18(29)24(34)35/h3-5,7-8,14,16-18,20H,6,9-13,25H2,1-2H3,(H2,26,30)(H,27,32)(H,28,31)(H,34,35). The summed E-state index contributed by atoms with van der Waals surface area (Å²) in [5, 5.41) is 14.7. The number of hydrogen-bond acceptors (Lipinski definition) is 6. The van der Waals surface area contributed by atoms with Gasteiger partial charge in [-0.2, -0.15) is 0 Å². The molecule has 4 atom stereocenters. The number of likely N-dealkylation sites (tertiary alicyclic amines) is 1. The summed E-state index contributed by atoms with van der Waals surface area (Å²) in [7, 11) is 0. The summed E-state index contributed by atoms with van der Waals surface area (Å²) >= 11 is 0. The Hall–Kier alpha value is -3.47. The van der Waals surface area contributed by atoms with Gasteiger partial charge in [0.2, 0.25) is 23.6 Å². The zero-order chi connectivity index (χ0) is 26.1. The van der Waals surface area contributed by atoms with Gasteiger partial charge in [0.25, 0.3) is 0 Å². The predicted octanol–water partition coefficient (Wildman–Crippen LogP) is -0.477. The van der Waals surface area contributed by atoms with Gasteiger partial charge in [-0.3, -0.25) is 19.2 Å². The number of rotatable bonds is 12. The van der Waals surface area contributed by atoms with Gasteiger partial charge in [0.15, 0.2) is 0 Å². The molecule has 0 radical (unpaired) electrons. The van der Waals surface area contributed by atoms with Crippen LogP contribution < -0.4 is 22.1 Å². The second-order valence-electron chi connectivity index (χ2n) is 9.12. The third-order valence-corrected chi connectivity index (χ3v) is 6.00. The molecule has 1 heterocycles. The van der Waals surface area contributed by atoms with Crippen LogP contribution in [0.5, 0.6) is 0 Å². The van der Waals surface area contributed by atoms with E-state index < -0.39 is 53.8 Å². The van der Waals surface area contributed by atoms with Crippen molar-refractivity contribution in [2.75, 3.05) is 6.54 Å². The zero-order valence-corrected chi connectivity index (χ0v) is 20.1. The number of hydrogen-bond donors (Lipinski definition) is 5. The first-order valence-electron chi connectivity index (χ1n) is 11.7. The molecule has 35 heavy (non-hydrogen) atoms. The number of nitrogens with zero attached hydrogens (tertiary/aromatic N) is 1. The number of nitrogens with one attached hydrogen (secondary N) is 2. The highest BCUT2D eigenvalue weighted by Gasteiger charge is 2.38. The molecule has 2 rings (SSSR count). The molecule has 0 spiro atoms. The van der Waals surface area contributed by atoms with Crippen molar-refractivity contribution in [3.63, 3.8) is 0 Å². The smallest absolute Gasteiger partial charge is 0.326 e. The lowest BCUT2D eigenvalue weighted by Gasteiger charge is -2.29. The van der Waals surface area contributed by atoms with Crippen LogP contribution in [0.2, 0.25) is 0 Å². The van der Waals surface area contributed by atoms with Crippen molar-refractivity contribution < 1.29 is 29.1 Å². The van der Waals surface area contributed by atoms with Crippen LogP contribution in [0.3, 0.4) is 0 Å². The summed E-state index contributed by atoms with van der Waals surface area (Å²) in [5.41, 5.74) is 12.1. The molecule has 1 fully saturated rings. The van der Waals surface area contributed by atoms with Gasteiger partial charge < -0.3 is 32.1 Å². The van der Waals surface area contributed by atoms with E-state index in [1.165, 1.54) is 4.90 Å². The van der Waals surface area contributed by atoms with E-state index >= 15 is 0 Å². The normalized spacial score (nSPS) is 17.9. The third-order valence-electron chi connectivity index (χ3n) is 6.00. The molecule has 0 saturated carbocycles. The van der Waals surface area contributed by atoms with E-state index in [-0.39, 0.29) is 31.7 Å². The van der Waals surface area contributed by atoms with Crippen molar-refractivity contribution >= 4 is 29.6 Å². The fraction of sp³-hybridized carbons (Fsp3) is 0.542. The van der Waals surface area contributed by atoms with E-state index in [0.717, 1.165) is 5.56 Å². The minimum atomic E-state index is -1.16. The molecule has 192 valence electrons. The van der Waals surface area contributed by atoms with Gasteiger partial charge in [0.1, 0.15) is 18.1 Å². The van der Waals surface area contributed by atoms with Crippen molar-refractivity contribution in [2.45, 2.75) is 70.1 Å². The van der Waals surface area contributed by atoms with E-state index in [2.05, 4.69) is 10.6 Å². The Morgan fingerprint density at radius 1 is 1.09 bits per heavy atom. The zero-order valence-electron chi connectivity index (χ0n) is 20.1. The number of primary amides is 1. The number of carboxylic acids is 1. The predicted molar refractivity (Wildman–Crippen MR) is 128 cm³/mol. The van der Waals surface area contributed by atoms with Crippen LogP contribution >= 0.6 is 0 Å². The molecule has 1 aromatic carbocycles. The highest BCUT2D eigenvalue weighted by Crippen LogP contribution is 2.20. The highest BCUT2D eigenvalue weighted by molar-refractivity contribution is 5.94. The SMILES string of the molecule is CC(C)C(NC(=O)C(N)Cc1ccccc1)C(=O)NC(CCC(N)=O)C(=O)N1CCCC1C(=O)O. The quantitative estimate of drug-likeness (QED) is 0.262. The molecule has 0 aliphatic carbocycles. The first kappa shape index (κ1) is 27.8. The van der Waals surface area contributed by atoms with E-state index in [1.54, 1.807) is 13.8 Å². The third kappa shape index (κ3) is 8.06. The lowest BCUT2D eigenvalue weighted by atomic mass is 10.00. The monoisotopic (exact) mass is 489 g/mol. The molecule has 7 N–H and O–H groups in total. The molecule has 1 aliphatic rings. The van der Waals surface area contributed by atoms with E-state index in [9.17, 15) is 29.1 Å². The lowest BCUT2D eigenvalue weighted by molar-refractivity contribution is -0.149. The first-order chi connectivity index (χ1) is 16.5. The molecular formula is C24H35N5O6. The Kier molecular flexibility index (Phi) is 10.2. The van der Waals surface area contributed by atoms with Crippen LogP contribution in [-0.2, 0) is 30.4 Å². The number of carboxylic acid groups (broad SMARTS) is 1. The van der Waals surface area contributed by atoms with E-state index in [4.69, 9.17) is 11.5 Å². The maximum absolute atomic E-state index is 13.1. The molecule has 4 amide bonds. The molecular weight excluding hydrogens is 454 g/mol. The molecule has 0 bridgehead atoms. The number of aliphatic carboxylic acids is 1. The maximum atomic E-state index is 13.1. The van der Waals surface area contributed by atoms with Crippen molar-refractivity contribution in [1.82, 2.24) is 15.5 Å². The Labute approximate surface area is 204 Å². The average molecular weight is 490 g/mol. The summed E-state index contributed by atoms with van der Waals surface area (Å²) in [4.78, 5) is 63.0. The minimum absolute atomic E-state index is 0.0883. The Bertz CT molecular complexity index is 922. The molecule has 1 aliphatic heterocycles. The van der Waals surface area contributed by atoms with E-state index in [1.807, 2.05) is 30.3 Å². The van der Waals surface area contributed by atoms with Crippen LogP contribution in [0.15, 0.2) is 30.3 Å². The fourth-order valence-electron chi connectivity index (χ4n) is 4.05. The summed E-state index contributed by atoms with van der Waals surface area (Å²) in [6.07, 6.45) is 0.840. The first-order valence-corrected chi connectivity index (χ1v) is 11.7. The lowest BCUT2D eigenvalue weighted by Crippen LogP contribution is -2.58. The van der Waals surface area contributed by atoms with Gasteiger partial charge >= 0.3 is 5.97 Å². The molecule has 1 saturated heterocycles. The molecule has 11 nitrogen and oxygen atoms in total. The van der Waals surface area contributed by atoms with Crippen molar-refractivity contribution in [3.8, 4) is 0 Å². The number of nitrogens with two attached hydrogens (primary N) is 2. The Morgan fingerprint density at radius 3 is 2.31 bits per heavy atom. The van der Waals surface area contributed by atoms with Gasteiger partial charge in [-0.05, 0) is 37.2 Å². The summed E-state index contributed by atoms with van der Waals surface area (Å²) in [5.74, 6) is -3.88. The van der Waals surface area contributed by atoms with Gasteiger partial charge in [-0.1, -0.05) is 44.2 Å². The van der Waals surface area contributed by atoms with Gasteiger partial charge in [0.05, 0.1) is 6.04 Å². The van der Waals surface area contributed by atoms with E-state index in [0.29, 0.717) is 12.8 Å². The average Bonchev–Trinajstić information content (AvgIpc) is 3.30. The second-order valence-corrected chi connectivity index (χ2v) is 9.12. The van der Waals surface area contributed by atoms with Crippen LogP contribution in [0.25, 0.3) is 0 Å². The highest BCUT2D eigenvalue weighted by atomic mass is 16.4. The summed E-state index contributed by atoms with van der Waals surface area (Å²) < 4.78 is 0. The van der Waals surface area contributed by atoms with Crippen LogP contribution in [0.1, 0.15) is 45.1 Å². The topological polar surface area (TPSA) is 185 Å². The molecule has 4 unspecified atom stereocenters. The van der Waals surface area contributed by atoms with Gasteiger partial charge in [0, 0.05) is 13.0 Å².